The van der Waals surface area contributed by atoms with Crippen molar-refractivity contribution in [2.45, 2.75) is 12.5 Å². The molecule has 1 N–H and O–H groups in total. The van der Waals surface area contributed by atoms with Crippen LogP contribution in [0, 0.1) is 5.82 Å². The molecule has 1 aromatic heterocycles. The summed E-state index contributed by atoms with van der Waals surface area (Å²) in [5.74, 6) is -1.19. The first-order valence-corrected chi connectivity index (χ1v) is 4.40. The molecule has 1 atom stereocenters. The van der Waals surface area contributed by atoms with Crippen molar-refractivity contribution >= 4 is 11.7 Å². The maximum Gasteiger partial charge on any atom is 0.252 e. The number of carbonyl (C=O) groups excluding carboxylic acids is 1. The second-order valence-electron chi connectivity index (χ2n) is 2.99. The Kier molecular flexibility index (Phi) is 2.61. The molecule has 0 spiro atoms. The van der Waals surface area contributed by atoms with E-state index in [-0.39, 0.29) is 5.82 Å². The molecule has 1 aliphatic heterocycles. The van der Waals surface area contributed by atoms with Gasteiger partial charge in [-0.1, -0.05) is 0 Å². The van der Waals surface area contributed by atoms with Gasteiger partial charge in [-0.3, -0.25) is 4.79 Å². The summed E-state index contributed by atoms with van der Waals surface area (Å²) in [6, 6.07) is -0.528. The highest BCUT2D eigenvalue weighted by molar-refractivity contribution is 5.94. The van der Waals surface area contributed by atoms with E-state index in [0.717, 1.165) is 12.5 Å². The number of azo groups is 1. The SMILES string of the molecule is O=C(Nc1ncncc1F)C1CCN=N1. The normalized spacial score (nSPS) is 19.1. The van der Waals surface area contributed by atoms with Crippen molar-refractivity contribution in [1.82, 2.24) is 9.97 Å². The minimum absolute atomic E-state index is 0.128. The van der Waals surface area contributed by atoms with Crippen molar-refractivity contribution < 1.29 is 9.18 Å². The van der Waals surface area contributed by atoms with Gasteiger partial charge in [0.2, 0.25) is 0 Å². The number of hydrogen-bond donors (Lipinski definition) is 1. The van der Waals surface area contributed by atoms with E-state index in [0.29, 0.717) is 13.0 Å². The Hall–Kier alpha value is -1.92. The zero-order chi connectivity index (χ0) is 10.7. The van der Waals surface area contributed by atoms with Crippen molar-refractivity contribution in [2.75, 3.05) is 11.9 Å². The van der Waals surface area contributed by atoms with Crippen LogP contribution in [0.2, 0.25) is 0 Å². The van der Waals surface area contributed by atoms with Crippen LogP contribution in [0.3, 0.4) is 0 Å². The van der Waals surface area contributed by atoms with Gasteiger partial charge in [0.1, 0.15) is 6.33 Å². The van der Waals surface area contributed by atoms with Crippen molar-refractivity contribution in [2.24, 2.45) is 10.2 Å². The Morgan fingerprint density at radius 3 is 3.13 bits per heavy atom. The molecule has 0 aromatic carbocycles. The third-order valence-electron chi connectivity index (χ3n) is 1.94. The first-order chi connectivity index (χ1) is 7.27. The molecular weight excluding hydrogens is 201 g/mol. The number of carbonyl (C=O) groups is 1. The molecule has 1 amide bonds. The lowest BCUT2D eigenvalue weighted by Crippen LogP contribution is -2.25. The van der Waals surface area contributed by atoms with Crippen molar-refractivity contribution in [1.29, 1.82) is 0 Å². The molecule has 78 valence electrons. The Bertz CT molecular complexity index is 408. The van der Waals surface area contributed by atoms with Crippen LogP contribution in [0.25, 0.3) is 0 Å². The van der Waals surface area contributed by atoms with Gasteiger partial charge >= 0.3 is 0 Å². The van der Waals surface area contributed by atoms with Gasteiger partial charge in [-0.2, -0.15) is 10.2 Å². The lowest BCUT2D eigenvalue weighted by molar-refractivity contribution is -0.117. The first kappa shape index (κ1) is 9.63. The second-order valence-corrected chi connectivity index (χ2v) is 2.99. The Morgan fingerprint density at radius 2 is 2.47 bits per heavy atom. The van der Waals surface area contributed by atoms with Crippen LogP contribution >= 0.6 is 0 Å². The zero-order valence-electron chi connectivity index (χ0n) is 7.72. The van der Waals surface area contributed by atoms with Crippen molar-refractivity contribution in [3.05, 3.63) is 18.3 Å². The van der Waals surface area contributed by atoms with Crippen LogP contribution in [-0.2, 0) is 4.79 Å². The average molecular weight is 209 g/mol. The molecular formula is C8H8FN5O. The van der Waals surface area contributed by atoms with Crippen molar-refractivity contribution in [3.8, 4) is 0 Å². The van der Waals surface area contributed by atoms with Gasteiger partial charge in [0.15, 0.2) is 17.7 Å². The monoisotopic (exact) mass is 209 g/mol. The lowest BCUT2D eigenvalue weighted by Gasteiger charge is -2.06. The highest BCUT2D eigenvalue weighted by atomic mass is 19.1. The van der Waals surface area contributed by atoms with Crippen LogP contribution in [-0.4, -0.2) is 28.5 Å². The van der Waals surface area contributed by atoms with Crippen LogP contribution < -0.4 is 5.32 Å². The topological polar surface area (TPSA) is 79.6 Å². The summed E-state index contributed by atoms with van der Waals surface area (Å²) in [5, 5.41) is 9.73. The van der Waals surface area contributed by atoms with E-state index >= 15 is 0 Å². The highest BCUT2D eigenvalue weighted by Crippen LogP contribution is 2.12. The standard InChI is InChI=1S/C8H8FN5O/c9-5-3-10-4-11-7(5)13-8(15)6-1-2-12-14-6/h3-4,6H,1-2H2,(H,10,11,13,15). The lowest BCUT2D eigenvalue weighted by atomic mass is 10.2. The van der Waals surface area contributed by atoms with E-state index in [1.165, 1.54) is 0 Å². The van der Waals surface area contributed by atoms with Gasteiger partial charge in [-0.15, -0.1) is 0 Å². The largest absolute Gasteiger partial charge is 0.306 e. The van der Waals surface area contributed by atoms with E-state index in [9.17, 15) is 9.18 Å². The fourth-order valence-electron chi connectivity index (χ4n) is 1.18. The number of rotatable bonds is 2. The fourth-order valence-corrected chi connectivity index (χ4v) is 1.18. The smallest absolute Gasteiger partial charge is 0.252 e. The van der Waals surface area contributed by atoms with Gasteiger partial charge in [0.25, 0.3) is 5.91 Å². The minimum Gasteiger partial charge on any atom is -0.306 e. The second kappa shape index (κ2) is 4.07. The fraction of sp³-hybridized carbons (Fsp3) is 0.375. The van der Waals surface area contributed by atoms with E-state index in [4.69, 9.17) is 0 Å². The number of aromatic nitrogens is 2. The maximum atomic E-state index is 13.0. The highest BCUT2D eigenvalue weighted by Gasteiger charge is 2.22. The molecule has 0 aliphatic carbocycles. The first-order valence-electron chi connectivity index (χ1n) is 4.40. The van der Waals surface area contributed by atoms with Gasteiger partial charge < -0.3 is 5.32 Å². The molecule has 0 bridgehead atoms. The summed E-state index contributed by atoms with van der Waals surface area (Å²) in [6.07, 6.45) is 2.70. The number of nitrogens with zero attached hydrogens (tertiary/aromatic N) is 4. The van der Waals surface area contributed by atoms with E-state index in [2.05, 4.69) is 25.5 Å². The third kappa shape index (κ3) is 2.12. The number of nitrogens with one attached hydrogen (secondary N) is 1. The van der Waals surface area contributed by atoms with Gasteiger partial charge in [-0.05, 0) is 0 Å². The van der Waals surface area contributed by atoms with Gasteiger partial charge in [-0.25, -0.2) is 14.4 Å². The zero-order valence-corrected chi connectivity index (χ0v) is 7.72. The molecule has 0 radical (unpaired) electrons. The van der Waals surface area contributed by atoms with Crippen LogP contribution in [0.4, 0.5) is 10.2 Å². The molecule has 2 rings (SSSR count). The van der Waals surface area contributed by atoms with E-state index in [1.807, 2.05) is 0 Å². The summed E-state index contributed by atoms with van der Waals surface area (Å²) in [6.45, 7) is 0.532. The molecule has 0 saturated carbocycles. The minimum atomic E-state index is -0.666. The number of hydrogen-bond acceptors (Lipinski definition) is 5. The van der Waals surface area contributed by atoms with E-state index < -0.39 is 17.8 Å². The summed E-state index contributed by atoms with van der Waals surface area (Å²) < 4.78 is 13.0. The molecule has 6 nitrogen and oxygen atoms in total. The molecule has 2 heterocycles. The molecule has 0 saturated heterocycles. The van der Waals surface area contributed by atoms with Gasteiger partial charge in [0, 0.05) is 6.42 Å². The Balaban J connectivity index is 2.05. The van der Waals surface area contributed by atoms with Crippen LogP contribution in [0.1, 0.15) is 6.42 Å². The number of amides is 1. The number of anilines is 1. The molecule has 1 aromatic rings. The maximum absolute atomic E-state index is 13.0. The summed E-state index contributed by atoms with van der Waals surface area (Å²) in [5.41, 5.74) is 0. The summed E-state index contributed by atoms with van der Waals surface area (Å²) >= 11 is 0. The Morgan fingerprint density at radius 1 is 1.60 bits per heavy atom. The van der Waals surface area contributed by atoms with Gasteiger partial charge in [0.05, 0.1) is 12.7 Å². The molecule has 1 unspecified atom stereocenters. The third-order valence-corrected chi connectivity index (χ3v) is 1.94. The number of halogens is 1. The molecule has 15 heavy (non-hydrogen) atoms. The summed E-state index contributed by atoms with van der Waals surface area (Å²) in [4.78, 5) is 18.5. The predicted octanol–water partition coefficient (Wildman–Crippen LogP) is 0.779. The van der Waals surface area contributed by atoms with E-state index in [1.54, 1.807) is 0 Å². The van der Waals surface area contributed by atoms with Crippen LogP contribution in [0.15, 0.2) is 22.8 Å². The molecule has 1 aliphatic rings. The van der Waals surface area contributed by atoms with Crippen molar-refractivity contribution in [3.63, 3.8) is 0 Å². The predicted molar refractivity (Wildman–Crippen MR) is 48.7 cm³/mol. The van der Waals surface area contributed by atoms with Crippen LogP contribution in [0.5, 0.6) is 0 Å². The Labute approximate surface area is 84.6 Å². The average Bonchev–Trinajstić information content (AvgIpc) is 2.74. The summed E-state index contributed by atoms with van der Waals surface area (Å²) in [7, 11) is 0. The molecule has 0 fully saturated rings. The quantitative estimate of drug-likeness (QED) is 0.781. The molecule has 7 heteroatoms.